The number of benzene rings is 2. The van der Waals surface area contributed by atoms with Crippen LogP contribution in [0.1, 0.15) is 42.9 Å². The van der Waals surface area contributed by atoms with Crippen molar-refractivity contribution < 1.29 is 14.3 Å². The van der Waals surface area contributed by atoms with Crippen molar-refractivity contribution >= 4 is 11.9 Å². The number of rotatable bonds is 7. The molecule has 0 bridgehead atoms. The van der Waals surface area contributed by atoms with Gasteiger partial charge in [-0.25, -0.2) is 0 Å². The lowest BCUT2D eigenvalue weighted by molar-refractivity contribution is -0.161. The SMILES string of the molecule is CCOC(=O)C1(Cc2ccccc2)CCCN(C(=O)[C@H](N)CC2Cc3ccccc3C2)C1. The highest BCUT2D eigenvalue weighted by atomic mass is 16.5. The number of esters is 1. The van der Waals surface area contributed by atoms with Gasteiger partial charge in [0.25, 0.3) is 0 Å². The summed E-state index contributed by atoms with van der Waals surface area (Å²) < 4.78 is 5.48. The van der Waals surface area contributed by atoms with E-state index in [1.807, 2.05) is 42.2 Å². The Kier molecular flexibility index (Phi) is 6.95. The zero-order valence-corrected chi connectivity index (χ0v) is 19.0. The van der Waals surface area contributed by atoms with Gasteiger partial charge in [0.15, 0.2) is 0 Å². The van der Waals surface area contributed by atoms with Crippen LogP contribution in [0.2, 0.25) is 0 Å². The highest BCUT2D eigenvalue weighted by Gasteiger charge is 2.45. The Labute approximate surface area is 190 Å². The van der Waals surface area contributed by atoms with Crippen LogP contribution in [0, 0.1) is 11.3 Å². The maximum atomic E-state index is 13.3. The van der Waals surface area contributed by atoms with Crippen molar-refractivity contribution in [1.82, 2.24) is 4.90 Å². The van der Waals surface area contributed by atoms with E-state index in [1.165, 1.54) is 11.1 Å². The van der Waals surface area contributed by atoms with Gasteiger partial charge in [-0.2, -0.15) is 0 Å². The fourth-order valence-electron chi connectivity index (χ4n) is 5.48. The van der Waals surface area contributed by atoms with E-state index in [0.29, 0.717) is 38.5 Å². The molecule has 1 saturated heterocycles. The lowest BCUT2D eigenvalue weighted by Gasteiger charge is -2.42. The van der Waals surface area contributed by atoms with E-state index in [9.17, 15) is 9.59 Å². The summed E-state index contributed by atoms with van der Waals surface area (Å²) in [5.74, 6) is 0.152. The maximum absolute atomic E-state index is 13.3. The van der Waals surface area contributed by atoms with Gasteiger partial charge in [0.05, 0.1) is 18.1 Å². The topological polar surface area (TPSA) is 72.6 Å². The van der Waals surface area contributed by atoms with Crippen molar-refractivity contribution in [2.45, 2.75) is 51.5 Å². The first kappa shape index (κ1) is 22.5. The van der Waals surface area contributed by atoms with Crippen molar-refractivity contribution in [1.29, 1.82) is 0 Å². The summed E-state index contributed by atoms with van der Waals surface area (Å²) in [4.78, 5) is 28.2. The third-order valence-electron chi connectivity index (χ3n) is 7.02. The molecule has 1 aliphatic carbocycles. The molecule has 0 aromatic heterocycles. The molecule has 0 radical (unpaired) electrons. The van der Waals surface area contributed by atoms with Crippen molar-refractivity contribution in [3.8, 4) is 0 Å². The number of nitrogens with zero attached hydrogens (tertiary/aromatic N) is 1. The number of likely N-dealkylation sites (tertiary alicyclic amines) is 1. The van der Waals surface area contributed by atoms with Crippen LogP contribution in [0.3, 0.4) is 0 Å². The zero-order chi connectivity index (χ0) is 22.6. The fourth-order valence-corrected chi connectivity index (χ4v) is 5.48. The van der Waals surface area contributed by atoms with Gasteiger partial charge in [-0.05, 0) is 68.1 Å². The molecule has 2 atom stereocenters. The van der Waals surface area contributed by atoms with Crippen molar-refractivity contribution in [2.24, 2.45) is 17.1 Å². The third-order valence-corrected chi connectivity index (χ3v) is 7.02. The predicted octanol–water partition coefficient (Wildman–Crippen LogP) is 3.53. The number of carbonyl (C=O) groups is 2. The normalized spacial score (nSPS) is 21.8. The molecule has 0 saturated carbocycles. The number of nitrogens with two attached hydrogens (primary N) is 1. The number of hydrogen-bond acceptors (Lipinski definition) is 4. The first-order chi connectivity index (χ1) is 15.5. The van der Waals surface area contributed by atoms with E-state index in [-0.39, 0.29) is 11.9 Å². The molecule has 5 nitrogen and oxygen atoms in total. The summed E-state index contributed by atoms with van der Waals surface area (Å²) in [5.41, 5.74) is 9.55. The van der Waals surface area contributed by atoms with E-state index in [2.05, 4.69) is 24.3 Å². The van der Waals surface area contributed by atoms with E-state index in [0.717, 1.165) is 31.2 Å². The van der Waals surface area contributed by atoms with Crippen LogP contribution in [0.25, 0.3) is 0 Å². The highest BCUT2D eigenvalue weighted by molar-refractivity contribution is 5.84. The summed E-state index contributed by atoms with van der Waals surface area (Å²) in [5, 5.41) is 0. The van der Waals surface area contributed by atoms with E-state index < -0.39 is 11.5 Å². The van der Waals surface area contributed by atoms with Crippen LogP contribution in [-0.2, 0) is 33.6 Å². The van der Waals surface area contributed by atoms with Crippen LogP contribution in [0.5, 0.6) is 0 Å². The average Bonchev–Trinajstić information content (AvgIpc) is 3.22. The molecule has 2 N–H and O–H groups in total. The number of fused-ring (bicyclic) bond motifs is 1. The van der Waals surface area contributed by atoms with Crippen molar-refractivity contribution in [2.75, 3.05) is 19.7 Å². The number of ether oxygens (including phenoxy) is 1. The second-order valence-electron chi connectivity index (χ2n) is 9.41. The Balaban J connectivity index is 1.44. The number of hydrogen-bond donors (Lipinski definition) is 1. The number of piperidine rings is 1. The summed E-state index contributed by atoms with van der Waals surface area (Å²) in [7, 11) is 0. The molecule has 170 valence electrons. The summed E-state index contributed by atoms with van der Waals surface area (Å²) in [6, 6.07) is 17.9. The van der Waals surface area contributed by atoms with E-state index in [1.54, 1.807) is 0 Å². The van der Waals surface area contributed by atoms with E-state index >= 15 is 0 Å². The fraction of sp³-hybridized carbons (Fsp3) is 0.481. The van der Waals surface area contributed by atoms with Crippen LogP contribution in [0.4, 0.5) is 0 Å². The molecule has 2 aromatic rings. The summed E-state index contributed by atoms with van der Waals surface area (Å²) >= 11 is 0. The second-order valence-corrected chi connectivity index (χ2v) is 9.41. The van der Waals surface area contributed by atoms with Gasteiger partial charge in [-0.1, -0.05) is 54.6 Å². The first-order valence-corrected chi connectivity index (χ1v) is 11.8. The summed E-state index contributed by atoms with van der Waals surface area (Å²) in [6.45, 7) is 3.19. The summed E-state index contributed by atoms with van der Waals surface area (Å²) in [6.07, 6.45) is 4.71. The third kappa shape index (κ3) is 4.88. The molecule has 2 aliphatic rings. The molecule has 1 aliphatic heterocycles. The van der Waals surface area contributed by atoms with Crippen LogP contribution >= 0.6 is 0 Å². The molecule has 1 fully saturated rings. The quantitative estimate of drug-likeness (QED) is 0.677. The number of carbonyl (C=O) groups excluding carboxylic acids is 2. The largest absolute Gasteiger partial charge is 0.466 e. The molecule has 4 rings (SSSR count). The van der Waals surface area contributed by atoms with Crippen LogP contribution in [-0.4, -0.2) is 42.5 Å². The standard InChI is InChI=1S/C27H34N2O3/c1-2-32-26(31)27(18-20-9-4-3-5-10-20)13-8-14-29(19-27)25(30)24(28)17-21-15-22-11-6-7-12-23(22)16-21/h3-7,9-12,21,24H,2,8,13-19,28H2,1H3/t24-,27?/m1/s1. The molecule has 32 heavy (non-hydrogen) atoms. The van der Waals surface area contributed by atoms with Gasteiger partial charge in [-0.15, -0.1) is 0 Å². The smallest absolute Gasteiger partial charge is 0.314 e. The van der Waals surface area contributed by atoms with Gasteiger partial charge in [-0.3, -0.25) is 9.59 Å². The molecule has 1 unspecified atom stereocenters. The number of amides is 1. The lowest BCUT2D eigenvalue weighted by atomic mass is 9.74. The second kappa shape index (κ2) is 9.86. The maximum Gasteiger partial charge on any atom is 0.314 e. The molecule has 1 amide bonds. The average molecular weight is 435 g/mol. The minimum Gasteiger partial charge on any atom is -0.466 e. The minimum absolute atomic E-state index is 0.0395. The van der Waals surface area contributed by atoms with Crippen LogP contribution < -0.4 is 5.73 Å². The molecule has 2 aromatic carbocycles. The van der Waals surface area contributed by atoms with Gasteiger partial charge in [0.1, 0.15) is 0 Å². The predicted molar refractivity (Wildman–Crippen MR) is 125 cm³/mol. The first-order valence-electron chi connectivity index (χ1n) is 11.8. The van der Waals surface area contributed by atoms with Crippen molar-refractivity contribution in [3.05, 3.63) is 71.3 Å². The molecule has 0 spiro atoms. The Morgan fingerprint density at radius 3 is 2.41 bits per heavy atom. The minimum atomic E-state index is -0.714. The molecular formula is C27H34N2O3. The van der Waals surface area contributed by atoms with Gasteiger partial charge in [0.2, 0.25) is 5.91 Å². The Hall–Kier alpha value is -2.66. The lowest BCUT2D eigenvalue weighted by Crippen LogP contribution is -2.55. The van der Waals surface area contributed by atoms with E-state index in [4.69, 9.17) is 10.5 Å². The zero-order valence-electron chi connectivity index (χ0n) is 19.0. The van der Waals surface area contributed by atoms with Gasteiger partial charge in [0, 0.05) is 13.1 Å². The Bertz CT molecular complexity index is 920. The Morgan fingerprint density at radius 1 is 1.09 bits per heavy atom. The van der Waals surface area contributed by atoms with Crippen LogP contribution in [0.15, 0.2) is 54.6 Å². The van der Waals surface area contributed by atoms with Gasteiger partial charge >= 0.3 is 5.97 Å². The van der Waals surface area contributed by atoms with Crippen molar-refractivity contribution in [3.63, 3.8) is 0 Å². The molecule has 5 heteroatoms. The highest BCUT2D eigenvalue weighted by Crippen LogP contribution is 2.36. The van der Waals surface area contributed by atoms with Gasteiger partial charge < -0.3 is 15.4 Å². The molecule has 1 heterocycles. The monoisotopic (exact) mass is 434 g/mol. The molecular weight excluding hydrogens is 400 g/mol. The Morgan fingerprint density at radius 2 is 1.75 bits per heavy atom.